The van der Waals surface area contributed by atoms with Gasteiger partial charge < -0.3 is 4.55 Å². The Kier molecular flexibility index (Phi) is 1.77. The van der Waals surface area contributed by atoms with Gasteiger partial charge in [-0.05, 0) is 22.4 Å². The van der Waals surface area contributed by atoms with Gasteiger partial charge in [-0.2, -0.15) is 0 Å². The van der Waals surface area contributed by atoms with Crippen LogP contribution in [0.5, 0.6) is 0 Å². The molecule has 0 N–H and O–H groups in total. The Morgan fingerprint density at radius 3 is 2.25 bits per heavy atom. The van der Waals surface area contributed by atoms with E-state index in [4.69, 9.17) is 23.2 Å². The fourth-order valence-corrected chi connectivity index (χ4v) is 1.57. The third-order valence-electron chi connectivity index (χ3n) is 0.702. The monoisotopic (exact) mass is 168 g/mol. The van der Waals surface area contributed by atoms with Crippen LogP contribution in [-0.4, -0.2) is 4.55 Å². The van der Waals surface area contributed by atoms with E-state index in [1.807, 2.05) is 0 Å². The molecule has 1 heterocycles. The molecule has 8 heavy (non-hydrogen) atoms. The lowest BCUT2D eigenvalue weighted by Gasteiger charge is -1.82. The van der Waals surface area contributed by atoms with E-state index in [2.05, 4.69) is 0 Å². The molecule has 4 heteroatoms. The van der Waals surface area contributed by atoms with Crippen LogP contribution in [0.4, 0.5) is 0 Å². The summed E-state index contributed by atoms with van der Waals surface area (Å²) in [5.41, 5.74) is 0. The summed E-state index contributed by atoms with van der Waals surface area (Å²) in [6, 6.07) is 1.53. The van der Waals surface area contributed by atoms with Crippen molar-refractivity contribution in [2.45, 2.75) is 0 Å². The second-order valence-corrected chi connectivity index (χ2v) is 3.51. The summed E-state index contributed by atoms with van der Waals surface area (Å²) in [7, 11) is -1.17. The van der Waals surface area contributed by atoms with Gasteiger partial charge in [0.25, 0.3) is 4.34 Å². The summed E-state index contributed by atoms with van der Waals surface area (Å²) in [5, 5.41) is 1.83. The Morgan fingerprint density at radius 1 is 1.50 bits per heavy atom. The van der Waals surface area contributed by atoms with Gasteiger partial charge in [0.2, 0.25) is 0 Å². The first-order valence-corrected chi connectivity index (χ1v) is 3.83. The molecule has 1 aromatic rings. The largest absolute Gasteiger partial charge is 0.590 e. The van der Waals surface area contributed by atoms with E-state index < -0.39 is 10.8 Å². The first kappa shape index (κ1) is 6.36. The van der Waals surface area contributed by atoms with Crippen LogP contribution in [0.2, 0.25) is 9.36 Å². The lowest BCUT2D eigenvalue weighted by atomic mass is 10.7. The molecule has 0 aliphatic heterocycles. The molecule has 44 valence electrons. The van der Waals surface area contributed by atoms with Gasteiger partial charge in [-0.25, -0.2) is 0 Å². The zero-order valence-corrected chi connectivity index (χ0v) is 6.06. The number of hydrogen-bond donors (Lipinski definition) is 0. The van der Waals surface area contributed by atoms with Gasteiger partial charge in [0, 0.05) is 6.07 Å². The van der Waals surface area contributed by atoms with Crippen LogP contribution < -0.4 is 0 Å². The predicted octanol–water partition coefficient (Wildman–Crippen LogP) is 2.72. The van der Waals surface area contributed by atoms with Crippen molar-refractivity contribution >= 4 is 34.0 Å². The third-order valence-corrected chi connectivity index (χ3v) is 2.84. The first-order chi connectivity index (χ1) is 3.72. The average Bonchev–Trinajstić information content (AvgIpc) is 1.98. The Hall–Kier alpha value is 0.240. The van der Waals surface area contributed by atoms with E-state index in [1.165, 1.54) is 11.4 Å². The normalized spacial score (nSPS) is 12.1. The number of hydrogen-bond acceptors (Lipinski definition) is 1. The molecule has 0 aliphatic rings. The molecule has 0 aliphatic carbocycles. The second kappa shape index (κ2) is 2.23. The SMILES string of the molecule is [O-][s+]1ccc(Cl)c1Cl. The molecule has 0 spiro atoms. The number of thiophene rings is 1. The van der Waals surface area contributed by atoms with E-state index >= 15 is 0 Å². The summed E-state index contributed by atoms with van der Waals surface area (Å²) in [6.45, 7) is 0. The van der Waals surface area contributed by atoms with Crippen LogP contribution in [-0.2, 0) is 0 Å². The van der Waals surface area contributed by atoms with Crippen molar-refractivity contribution < 1.29 is 4.55 Å². The molecule has 0 amide bonds. The van der Waals surface area contributed by atoms with Crippen molar-refractivity contribution in [3.05, 3.63) is 20.8 Å². The van der Waals surface area contributed by atoms with E-state index in [9.17, 15) is 4.55 Å². The van der Waals surface area contributed by atoms with E-state index in [0.717, 1.165) is 0 Å². The van der Waals surface area contributed by atoms with E-state index in [1.54, 1.807) is 0 Å². The van der Waals surface area contributed by atoms with Crippen molar-refractivity contribution in [1.82, 2.24) is 0 Å². The Morgan fingerprint density at radius 2 is 2.12 bits per heavy atom. The Balaban J connectivity index is 3.19. The molecule has 0 saturated carbocycles. The van der Waals surface area contributed by atoms with Crippen LogP contribution in [0, 0.1) is 0 Å². The minimum Gasteiger partial charge on any atom is -0.590 e. The van der Waals surface area contributed by atoms with Gasteiger partial charge >= 0.3 is 0 Å². The summed E-state index contributed by atoms with van der Waals surface area (Å²) in [4.78, 5) is 0. The molecule has 0 fully saturated rings. The van der Waals surface area contributed by atoms with Gasteiger partial charge in [0.05, 0.1) is 0 Å². The zero-order valence-electron chi connectivity index (χ0n) is 3.73. The van der Waals surface area contributed by atoms with E-state index in [-0.39, 0.29) is 4.34 Å². The Bertz CT molecular complexity index is 176. The standard InChI is InChI=1S/C4H2Cl2OS/c5-3-1-2-8(7)4(3)6/h1-2H. The van der Waals surface area contributed by atoms with Crippen LogP contribution in [0.15, 0.2) is 11.4 Å². The van der Waals surface area contributed by atoms with Gasteiger partial charge in [-0.3, -0.25) is 0 Å². The molecule has 1 unspecified atom stereocenters. The molecule has 0 radical (unpaired) electrons. The van der Waals surface area contributed by atoms with Crippen LogP contribution in [0.25, 0.3) is 0 Å². The maximum atomic E-state index is 10.5. The fraction of sp³-hybridized carbons (Fsp3) is 0. The van der Waals surface area contributed by atoms with Crippen molar-refractivity contribution in [1.29, 1.82) is 0 Å². The summed E-state index contributed by atoms with van der Waals surface area (Å²) in [6.07, 6.45) is 0. The highest BCUT2D eigenvalue weighted by Crippen LogP contribution is 2.33. The molecule has 1 rings (SSSR count). The van der Waals surface area contributed by atoms with E-state index in [0.29, 0.717) is 5.02 Å². The first-order valence-electron chi connectivity index (χ1n) is 1.86. The minimum absolute atomic E-state index is 0.228. The topological polar surface area (TPSA) is 23.1 Å². The number of rotatable bonds is 0. The van der Waals surface area contributed by atoms with Crippen LogP contribution in [0.3, 0.4) is 0 Å². The van der Waals surface area contributed by atoms with Gasteiger partial charge in [0.1, 0.15) is 10.4 Å². The lowest BCUT2D eigenvalue weighted by Crippen LogP contribution is -1.51. The second-order valence-electron chi connectivity index (χ2n) is 1.22. The highest BCUT2D eigenvalue weighted by molar-refractivity contribution is 7.27. The summed E-state index contributed by atoms with van der Waals surface area (Å²) < 4.78 is 10.8. The van der Waals surface area contributed by atoms with Gasteiger partial charge in [-0.1, -0.05) is 11.6 Å². The van der Waals surface area contributed by atoms with Crippen molar-refractivity contribution in [2.24, 2.45) is 0 Å². The quantitative estimate of drug-likeness (QED) is 0.547. The molecular formula is C4H2Cl2OS. The van der Waals surface area contributed by atoms with Crippen LogP contribution in [0.1, 0.15) is 0 Å². The summed E-state index contributed by atoms with van der Waals surface area (Å²) in [5.74, 6) is 0. The average molecular weight is 169 g/mol. The smallest absolute Gasteiger partial charge is 0.258 e. The third kappa shape index (κ3) is 0.977. The fourth-order valence-electron chi connectivity index (χ4n) is 0.343. The summed E-state index contributed by atoms with van der Waals surface area (Å²) >= 11 is 10.8. The zero-order chi connectivity index (χ0) is 6.15. The van der Waals surface area contributed by atoms with Crippen LogP contribution >= 0.6 is 34.0 Å². The maximum Gasteiger partial charge on any atom is 0.258 e. The van der Waals surface area contributed by atoms with Crippen molar-refractivity contribution in [3.63, 3.8) is 0 Å². The minimum atomic E-state index is -1.17. The molecule has 0 bridgehead atoms. The predicted molar refractivity (Wildman–Crippen MR) is 35.1 cm³/mol. The van der Waals surface area contributed by atoms with Crippen molar-refractivity contribution in [2.75, 3.05) is 0 Å². The van der Waals surface area contributed by atoms with Crippen molar-refractivity contribution in [3.8, 4) is 0 Å². The number of halogens is 2. The molecule has 1 atom stereocenters. The van der Waals surface area contributed by atoms with Gasteiger partial charge in [0.15, 0.2) is 0 Å². The molecule has 0 saturated heterocycles. The highest BCUT2D eigenvalue weighted by atomic mass is 35.5. The highest BCUT2D eigenvalue weighted by Gasteiger charge is 2.06. The molecule has 1 aromatic heterocycles. The molecular weight excluding hydrogens is 167 g/mol. The molecule has 1 nitrogen and oxygen atoms in total. The van der Waals surface area contributed by atoms with Gasteiger partial charge in [-0.15, -0.1) is 0 Å². The Labute approximate surface area is 59.6 Å². The molecule has 0 aromatic carbocycles. The lowest BCUT2D eigenvalue weighted by molar-refractivity contribution is 0.598. The maximum absolute atomic E-state index is 10.5.